The van der Waals surface area contributed by atoms with Gasteiger partial charge in [-0.15, -0.1) is 0 Å². The molecule has 0 radical (unpaired) electrons. The van der Waals surface area contributed by atoms with E-state index in [1.807, 2.05) is 30.0 Å². The van der Waals surface area contributed by atoms with Gasteiger partial charge >= 0.3 is 0 Å². The number of ether oxygens (including phenoxy) is 1. The van der Waals surface area contributed by atoms with Crippen LogP contribution in [0.2, 0.25) is 0 Å². The lowest BCUT2D eigenvalue weighted by atomic mass is 10.1. The van der Waals surface area contributed by atoms with Crippen LogP contribution in [0.1, 0.15) is 12.8 Å². The first-order valence-corrected chi connectivity index (χ1v) is 8.03. The fourth-order valence-electron chi connectivity index (χ4n) is 2.76. The molecule has 2 aromatic heterocycles. The number of amides is 1. The van der Waals surface area contributed by atoms with Crippen molar-refractivity contribution in [2.45, 2.75) is 25.5 Å². The number of piperidine rings is 1. The molecule has 3 heterocycles. The summed E-state index contributed by atoms with van der Waals surface area (Å²) in [4.78, 5) is 24.7. The summed E-state index contributed by atoms with van der Waals surface area (Å²) in [6.07, 6.45) is 8.46. The zero-order chi connectivity index (χ0) is 16.9. The minimum atomic E-state index is -0.0734. The molecule has 0 aromatic carbocycles. The Morgan fingerprint density at radius 1 is 1.33 bits per heavy atom. The van der Waals surface area contributed by atoms with E-state index in [0.29, 0.717) is 18.2 Å². The van der Waals surface area contributed by atoms with Crippen LogP contribution in [-0.4, -0.2) is 63.8 Å². The van der Waals surface area contributed by atoms with Crippen LogP contribution in [-0.2, 0) is 11.3 Å². The largest absolute Gasteiger partial charge is 0.470 e. The molecule has 8 nitrogen and oxygen atoms in total. The molecule has 0 saturated carbocycles. The van der Waals surface area contributed by atoms with Crippen LogP contribution in [0, 0.1) is 0 Å². The molecule has 1 fully saturated rings. The van der Waals surface area contributed by atoms with Gasteiger partial charge in [-0.25, -0.2) is 9.97 Å². The number of hydrogen-bond donors (Lipinski definition) is 0. The Morgan fingerprint density at radius 3 is 2.92 bits per heavy atom. The number of likely N-dealkylation sites (tertiary alicyclic amines) is 1. The zero-order valence-corrected chi connectivity index (χ0v) is 14.0. The molecule has 3 rings (SSSR count). The molecule has 128 valence electrons. The van der Waals surface area contributed by atoms with Crippen molar-refractivity contribution in [1.29, 1.82) is 0 Å². The number of nitrogens with zero attached hydrogens (tertiary/aromatic N) is 6. The number of carbonyl (C=O) groups excluding carboxylic acids is 1. The highest BCUT2D eigenvalue weighted by Crippen LogP contribution is 2.24. The molecule has 1 aliphatic rings. The van der Waals surface area contributed by atoms with Crippen molar-refractivity contribution < 1.29 is 9.53 Å². The minimum Gasteiger partial charge on any atom is -0.470 e. The Bertz CT molecular complexity index is 673. The fraction of sp³-hybridized carbons (Fsp3) is 0.500. The minimum absolute atomic E-state index is 0.0546. The van der Waals surface area contributed by atoms with Crippen LogP contribution in [0.4, 0.5) is 5.82 Å². The van der Waals surface area contributed by atoms with Gasteiger partial charge in [0.1, 0.15) is 12.6 Å². The lowest BCUT2D eigenvalue weighted by Crippen LogP contribution is -2.45. The zero-order valence-electron chi connectivity index (χ0n) is 14.0. The average molecular weight is 330 g/mol. The predicted octanol–water partition coefficient (Wildman–Crippen LogP) is 0.809. The van der Waals surface area contributed by atoms with E-state index in [0.717, 1.165) is 19.4 Å². The van der Waals surface area contributed by atoms with E-state index in [1.54, 1.807) is 29.5 Å². The van der Waals surface area contributed by atoms with E-state index in [-0.39, 0.29) is 18.6 Å². The maximum Gasteiger partial charge on any atom is 0.257 e. The maximum absolute atomic E-state index is 12.4. The van der Waals surface area contributed by atoms with E-state index in [1.165, 1.54) is 0 Å². The molecule has 2 aromatic rings. The second-order valence-corrected chi connectivity index (χ2v) is 6.01. The highest BCUT2D eigenvalue weighted by Gasteiger charge is 2.26. The van der Waals surface area contributed by atoms with E-state index in [9.17, 15) is 4.79 Å². The highest BCUT2D eigenvalue weighted by molar-refractivity contribution is 5.76. The quantitative estimate of drug-likeness (QED) is 0.807. The number of carbonyl (C=O) groups is 1. The van der Waals surface area contributed by atoms with Crippen LogP contribution in [0.25, 0.3) is 0 Å². The molecule has 8 heteroatoms. The van der Waals surface area contributed by atoms with Gasteiger partial charge in [0.05, 0.1) is 6.54 Å². The molecule has 24 heavy (non-hydrogen) atoms. The van der Waals surface area contributed by atoms with Crippen molar-refractivity contribution in [3.63, 3.8) is 0 Å². The average Bonchev–Trinajstić information content (AvgIpc) is 3.08. The summed E-state index contributed by atoms with van der Waals surface area (Å²) in [5, 5.41) is 4.08. The lowest BCUT2D eigenvalue weighted by molar-refractivity contribution is -0.134. The number of hydrogen-bond acceptors (Lipinski definition) is 6. The van der Waals surface area contributed by atoms with Crippen molar-refractivity contribution in [2.75, 3.05) is 32.1 Å². The molecule has 0 bridgehead atoms. The Kier molecular flexibility index (Phi) is 4.93. The summed E-state index contributed by atoms with van der Waals surface area (Å²) in [7, 11) is 3.80. The predicted molar refractivity (Wildman–Crippen MR) is 88.8 cm³/mol. The topological polar surface area (TPSA) is 76.4 Å². The first-order chi connectivity index (χ1) is 11.6. The Morgan fingerprint density at radius 2 is 2.17 bits per heavy atom. The number of aromatic nitrogens is 4. The third kappa shape index (κ3) is 3.81. The van der Waals surface area contributed by atoms with Gasteiger partial charge in [0.25, 0.3) is 5.88 Å². The van der Waals surface area contributed by atoms with Crippen LogP contribution >= 0.6 is 0 Å². The summed E-state index contributed by atoms with van der Waals surface area (Å²) in [5.74, 6) is 1.25. The fourth-order valence-corrected chi connectivity index (χ4v) is 2.76. The highest BCUT2D eigenvalue weighted by atomic mass is 16.5. The van der Waals surface area contributed by atoms with E-state index in [2.05, 4.69) is 15.1 Å². The molecular formula is C16H22N6O2. The van der Waals surface area contributed by atoms with Gasteiger partial charge in [-0.1, -0.05) is 0 Å². The molecule has 1 saturated heterocycles. The van der Waals surface area contributed by atoms with Crippen molar-refractivity contribution >= 4 is 11.7 Å². The first-order valence-electron chi connectivity index (χ1n) is 8.03. The number of anilines is 1. The molecule has 0 aliphatic carbocycles. The van der Waals surface area contributed by atoms with E-state index in [4.69, 9.17) is 4.74 Å². The Balaban J connectivity index is 1.62. The van der Waals surface area contributed by atoms with Crippen LogP contribution in [0.5, 0.6) is 5.88 Å². The van der Waals surface area contributed by atoms with Gasteiger partial charge in [0.15, 0.2) is 5.82 Å². The molecule has 1 atom stereocenters. The molecule has 1 unspecified atom stereocenters. The van der Waals surface area contributed by atoms with Gasteiger partial charge in [-0.05, 0) is 18.9 Å². The van der Waals surface area contributed by atoms with Gasteiger partial charge in [-0.2, -0.15) is 5.10 Å². The molecule has 1 aliphatic heterocycles. The molecule has 0 N–H and O–H groups in total. The Labute approximate surface area is 141 Å². The summed E-state index contributed by atoms with van der Waals surface area (Å²) in [6, 6.07) is 1.81. The maximum atomic E-state index is 12.4. The van der Waals surface area contributed by atoms with Crippen molar-refractivity contribution in [3.8, 4) is 5.88 Å². The van der Waals surface area contributed by atoms with Crippen molar-refractivity contribution in [3.05, 3.63) is 30.9 Å². The molecule has 1 amide bonds. The summed E-state index contributed by atoms with van der Waals surface area (Å²) < 4.78 is 7.67. The second kappa shape index (κ2) is 7.29. The summed E-state index contributed by atoms with van der Waals surface area (Å²) >= 11 is 0. The third-order valence-electron chi connectivity index (χ3n) is 3.94. The standard InChI is InChI=1S/C16H22N6O2/c1-20(2)15-16(18-8-7-17-15)24-13-5-3-9-21(11-13)14(23)12-22-10-4-6-19-22/h4,6-8,10,13H,3,5,9,11-12H2,1-2H3. The van der Waals surface area contributed by atoms with E-state index >= 15 is 0 Å². The molecular weight excluding hydrogens is 308 g/mol. The van der Waals surface area contributed by atoms with E-state index < -0.39 is 0 Å². The monoisotopic (exact) mass is 330 g/mol. The summed E-state index contributed by atoms with van der Waals surface area (Å²) in [6.45, 7) is 1.57. The molecule has 0 spiro atoms. The smallest absolute Gasteiger partial charge is 0.257 e. The van der Waals surface area contributed by atoms with Crippen LogP contribution in [0.15, 0.2) is 30.9 Å². The first kappa shape index (κ1) is 16.2. The SMILES string of the molecule is CN(C)c1nccnc1OC1CCCN(C(=O)Cn2cccn2)C1. The lowest BCUT2D eigenvalue weighted by Gasteiger charge is -2.33. The van der Waals surface area contributed by atoms with Crippen LogP contribution < -0.4 is 9.64 Å². The number of rotatable bonds is 5. The van der Waals surface area contributed by atoms with Gasteiger partial charge in [0, 0.05) is 45.4 Å². The van der Waals surface area contributed by atoms with Crippen LogP contribution in [0.3, 0.4) is 0 Å². The third-order valence-corrected chi connectivity index (χ3v) is 3.94. The normalized spacial score (nSPS) is 17.6. The summed E-state index contributed by atoms with van der Waals surface area (Å²) in [5.41, 5.74) is 0. The van der Waals surface area contributed by atoms with Crippen molar-refractivity contribution in [1.82, 2.24) is 24.6 Å². The van der Waals surface area contributed by atoms with Gasteiger partial charge in [0.2, 0.25) is 5.91 Å². The second-order valence-electron chi connectivity index (χ2n) is 6.01. The Hall–Kier alpha value is -2.64. The van der Waals surface area contributed by atoms with Gasteiger partial charge in [-0.3, -0.25) is 9.48 Å². The van der Waals surface area contributed by atoms with Gasteiger partial charge < -0.3 is 14.5 Å². The van der Waals surface area contributed by atoms with Crippen molar-refractivity contribution in [2.24, 2.45) is 0 Å².